The van der Waals surface area contributed by atoms with Gasteiger partial charge in [-0.3, -0.25) is 9.59 Å². The van der Waals surface area contributed by atoms with Crippen molar-refractivity contribution in [3.8, 4) is 11.4 Å². The number of rotatable bonds is 5. The van der Waals surface area contributed by atoms with Crippen LogP contribution in [0.2, 0.25) is 5.02 Å². The van der Waals surface area contributed by atoms with Crippen LogP contribution in [0.4, 0.5) is 0 Å². The standard InChI is InChI=1S/C21H17ClN4O2/c22-16-7-5-15(6-8-16)19-24-13-17(21(28)25-19)20(27)23-10-12-26-11-9-14-3-1-2-4-18(14)26/h1-9,11,13H,10,12H2,(H,23,27)(H,24,25,28). The van der Waals surface area contributed by atoms with Gasteiger partial charge in [-0.1, -0.05) is 29.8 Å². The highest BCUT2D eigenvalue weighted by Crippen LogP contribution is 2.17. The fourth-order valence-corrected chi connectivity index (χ4v) is 3.16. The highest BCUT2D eigenvalue weighted by Gasteiger charge is 2.12. The fourth-order valence-electron chi connectivity index (χ4n) is 3.03. The average molecular weight is 393 g/mol. The molecule has 2 aromatic heterocycles. The van der Waals surface area contributed by atoms with Crippen molar-refractivity contribution in [1.29, 1.82) is 0 Å². The van der Waals surface area contributed by atoms with E-state index in [1.54, 1.807) is 24.3 Å². The smallest absolute Gasteiger partial charge is 0.264 e. The predicted octanol–water partition coefficient (Wildman–Crippen LogP) is 3.48. The molecule has 2 N–H and O–H groups in total. The SMILES string of the molecule is O=C(NCCn1ccc2ccccc21)c1cnc(-c2ccc(Cl)cc2)[nH]c1=O. The molecule has 0 atom stereocenters. The molecule has 1 amide bonds. The van der Waals surface area contributed by atoms with Crippen LogP contribution in [0.25, 0.3) is 22.3 Å². The van der Waals surface area contributed by atoms with Gasteiger partial charge in [-0.25, -0.2) is 4.98 Å². The number of carbonyl (C=O) groups excluding carboxylic acids is 1. The first-order valence-corrected chi connectivity index (χ1v) is 9.17. The molecule has 0 bridgehead atoms. The number of para-hydroxylation sites is 1. The molecule has 0 radical (unpaired) electrons. The van der Waals surface area contributed by atoms with Crippen LogP contribution in [0.5, 0.6) is 0 Å². The van der Waals surface area contributed by atoms with Gasteiger partial charge in [-0.15, -0.1) is 0 Å². The first kappa shape index (κ1) is 18.0. The van der Waals surface area contributed by atoms with Crippen molar-refractivity contribution < 1.29 is 4.79 Å². The zero-order chi connectivity index (χ0) is 19.5. The van der Waals surface area contributed by atoms with E-state index in [9.17, 15) is 9.59 Å². The summed E-state index contributed by atoms with van der Waals surface area (Å²) in [6.45, 7) is 1.00. The van der Waals surface area contributed by atoms with Crippen molar-refractivity contribution in [2.24, 2.45) is 0 Å². The second kappa shape index (κ2) is 7.70. The van der Waals surface area contributed by atoms with Crippen molar-refractivity contribution >= 4 is 28.4 Å². The molecule has 2 heterocycles. The Morgan fingerprint density at radius 2 is 1.89 bits per heavy atom. The monoisotopic (exact) mass is 392 g/mol. The molecular weight excluding hydrogens is 376 g/mol. The Kier molecular flexibility index (Phi) is 4.95. The van der Waals surface area contributed by atoms with E-state index in [0.29, 0.717) is 29.5 Å². The number of hydrogen-bond donors (Lipinski definition) is 2. The molecule has 140 valence electrons. The van der Waals surface area contributed by atoms with E-state index in [-0.39, 0.29) is 5.56 Å². The molecule has 0 unspecified atom stereocenters. The molecule has 0 aliphatic rings. The molecule has 2 aromatic carbocycles. The van der Waals surface area contributed by atoms with Crippen molar-refractivity contribution in [3.05, 3.63) is 87.9 Å². The van der Waals surface area contributed by atoms with Gasteiger partial charge in [0, 0.05) is 41.6 Å². The highest BCUT2D eigenvalue weighted by molar-refractivity contribution is 6.30. The van der Waals surface area contributed by atoms with Gasteiger partial charge < -0.3 is 14.9 Å². The third kappa shape index (κ3) is 3.68. The number of H-pyrrole nitrogens is 1. The van der Waals surface area contributed by atoms with E-state index in [4.69, 9.17) is 11.6 Å². The molecule has 7 heteroatoms. The Morgan fingerprint density at radius 1 is 1.11 bits per heavy atom. The molecule has 0 aliphatic carbocycles. The molecule has 28 heavy (non-hydrogen) atoms. The first-order chi connectivity index (χ1) is 13.6. The fraction of sp³-hybridized carbons (Fsp3) is 0.0952. The summed E-state index contributed by atoms with van der Waals surface area (Å²) >= 11 is 5.87. The summed E-state index contributed by atoms with van der Waals surface area (Å²) in [5.41, 5.74) is 1.32. The van der Waals surface area contributed by atoms with Crippen LogP contribution in [0.3, 0.4) is 0 Å². The summed E-state index contributed by atoms with van der Waals surface area (Å²) in [5.74, 6) is -0.0649. The van der Waals surface area contributed by atoms with E-state index in [1.165, 1.54) is 6.20 Å². The predicted molar refractivity (Wildman–Crippen MR) is 110 cm³/mol. The number of nitrogens with zero attached hydrogens (tertiary/aromatic N) is 2. The molecule has 4 aromatic rings. The van der Waals surface area contributed by atoms with E-state index in [1.807, 2.05) is 36.5 Å². The van der Waals surface area contributed by atoms with Crippen LogP contribution in [0.15, 0.2) is 71.8 Å². The minimum atomic E-state index is -0.483. The van der Waals surface area contributed by atoms with Gasteiger partial charge in [0.15, 0.2) is 0 Å². The van der Waals surface area contributed by atoms with Crippen LogP contribution in [0, 0.1) is 0 Å². The third-order valence-corrected chi connectivity index (χ3v) is 4.73. The highest BCUT2D eigenvalue weighted by atomic mass is 35.5. The van der Waals surface area contributed by atoms with Gasteiger partial charge in [0.2, 0.25) is 0 Å². The van der Waals surface area contributed by atoms with Gasteiger partial charge >= 0.3 is 0 Å². The third-order valence-electron chi connectivity index (χ3n) is 4.48. The van der Waals surface area contributed by atoms with Gasteiger partial charge in [0.25, 0.3) is 11.5 Å². The maximum absolute atomic E-state index is 12.4. The van der Waals surface area contributed by atoms with Crippen LogP contribution in [-0.2, 0) is 6.54 Å². The van der Waals surface area contributed by atoms with Gasteiger partial charge in [-0.05, 0) is 41.8 Å². The number of benzene rings is 2. The molecule has 0 spiro atoms. The number of fused-ring (bicyclic) bond motifs is 1. The van der Waals surface area contributed by atoms with E-state index >= 15 is 0 Å². The van der Waals surface area contributed by atoms with Crippen LogP contribution in [0.1, 0.15) is 10.4 Å². The molecule has 0 saturated heterocycles. The maximum atomic E-state index is 12.4. The van der Waals surface area contributed by atoms with Crippen molar-refractivity contribution in [1.82, 2.24) is 19.9 Å². The van der Waals surface area contributed by atoms with E-state index in [0.717, 1.165) is 10.9 Å². The molecular formula is C21H17ClN4O2. The van der Waals surface area contributed by atoms with Crippen molar-refractivity contribution in [2.45, 2.75) is 6.54 Å². The minimum Gasteiger partial charge on any atom is -0.350 e. The molecule has 0 saturated carbocycles. The first-order valence-electron chi connectivity index (χ1n) is 8.79. The van der Waals surface area contributed by atoms with Crippen LogP contribution in [-0.4, -0.2) is 27.0 Å². The Labute approximate surface area is 165 Å². The summed E-state index contributed by atoms with van der Waals surface area (Å²) in [5, 5.41) is 4.51. The van der Waals surface area contributed by atoms with Crippen molar-refractivity contribution in [2.75, 3.05) is 6.54 Å². The number of carbonyl (C=O) groups is 1. The van der Waals surface area contributed by atoms with Crippen LogP contribution < -0.4 is 10.9 Å². The lowest BCUT2D eigenvalue weighted by atomic mass is 10.2. The second-order valence-corrected chi connectivity index (χ2v) is 6.74. The largest absolute Gasteiger partial charge is 0.350 e. The number of nitrogens with one attached hydrogen (secondary N) is 2. The number of aromatic nitrogens is 3. The quantitative estimate of drug-likeness (QED) is 0.545. The topological polar surface area (TPSA) is 79.8 Å². The lowest BCUT2D eigenvalue weighted by molar-refractivity contribution is 0.0950. The zero-order valence-electron chi connectivity index (χ0n) is 14.9. The summed E-state index contributed by atoms with van der Waals surface area (Å²) < 4.78 is 2.06. The van der Waals surface area contributed by atoms with Gasteiger partial charge in [0.1, 0.15) is 11.4 Å². The number of halogens is 1. The summed E-state index contributed by atoms with van der Waals surface area (Å²) in [6.07, 6.45) is 3.27. The Hall–Kier alpha value is -3.38. The minimum absolute atomic E-state index is 0.0184. The maximum Gasteiger partial charge on any atom is 0.264 e. The zero-order valence-corrected chi connectivity index (χ0v) is 15.6. The molecule has 0 fully saturated rings. The summed E-state index contributed by atoms with van der Waals surface area (Å²) in [7, 11) is 0. The molecule has 0 aliphatic heterocycles. The van der Waals surface area contributed by atoms with E-state index < -0.39 is 11.5 Å². The number of aromatic amines is 1. The lowest BCUT2D eigenvalue weighted by Gasteiger charge is -2.08. The summed E-state index contributed by atoms with van der Waals surface area (Å²) in [4.78, 5) is 31.5. The average Bonchev–Trinajstić information content (AvgIpc) is 3.11. The molecule has 4 rings (SSSR count). The Balaban J connectivity index is 1.43. The second-order valence-electron chi connectivity index (χ2n) is 6.31. The lowest BCUT2D eigenvalue weighted by Crippen LogP contribution is -2.32. The Morgan fingerprint density at radius 3 is 2.68 bits per heavy atom. The number of hydrogen-bond acceptors (Lipinski definition) is 3. The van der Waals surface area contributed by atoms with Gasteiger partial charge in [-0.2, -0.15) is 0 Å². The Bertz CT molecular complexity index is 1190. The summed E-state index contributed by atoms with van der Waals surface area (Å²) in [6, 6.07) is 17.0. The molecule has 6 nitrogen and oxygen atoms in total. The van der Waals surface area contributed by atoms with E-state index in [2.05, 4.69) is 19.9 Å². The normalized spacial score (nSPS) is 10.9. The van der Waals surface area contributed by atoms with Gasteiger partial charge in [0.05, 0.1) is 0 Å². The van der Waals surface area contributed by atoms with Crippen molar-refractivity contribution in [3.63, 3.8) is 0 Å². The van der Waals surface area contributed by atoms with Crippen LogP contribution >= 0.6 is 11.6 Å². The number of amides is 1.